The average Bonchev–Trinajstić information content (AvgIpc) is 2.43. The number of methoxy groups -OCH3 is 1. The fourth-order valence-corrected chi connectivity index (χ4v) is 2.75. The second-order valence-electron chi connectivity index (χ2n) is 4.33. The molecule has 0 heterocycles. The van der Waals surface area contributed by atoms with Crippen molar-refractivity contribution in [2.45, 2.75) is 30.8 Å². The molecule has 1 aromatic carbocycles. The van der Waals surface area contributed by atoms with Crippen LogP contribution in [0.1, 0.15) is 18.9 Å². The van der Waals surface area contributed by atoms with Crippen LogP contribution in [0, 0.1) is 0 Å². The van der Waals surface area contributed by atoms with Crippen LogP contribution in [-0.2, 0) is 21.2 Å². The summed E-state index contributed by atoms with van der Waals surface area (Å²) in [5, 5.41) is 0. The summed E-state index contributed by atoms with van der Waals surface area (Å²) in [6.45, 7) is 2.06. The van der Waals surface area contributed by atoms with Gasteiger partial charge < -0.3 is 4.74 Å². The molecule has 1 rings (SSSR count). The highest BCUT2D eigenvalue weighted by Gasteiger charge is 2.14. The molecule has 6 heteroatoms. The van der Waals surface area contributed by atoms with E-state index >= 15 is 0 Å². The van der Waals surface area contributed by atoms with Gasteiger partial charge in [-0.1, -0.05) is 12.1 Å². The van der Waals surface area contributed by atoms with Crippen molar-refractivity contribution in [3.8, 4) is 0 Å². The molecule has 0 radical (unpaired) electrons. The molecule has 0 bridgehead atoms. The van der Waals surface area contributed by atoms with Gasteiger partial charge in [-0.2, -0.15) is 0 Å². The number of rotatable bonds is 8. The Morgan fingerprint density at radius 2 is 1.95 bits per heavy atom. The van der Waals surface area contributed by atoms with Gasteiger partial charge in [-0.05, 0) is 37.5 Å². The summed E-state index contributed by atoms with van der Waals surface area (Å²) in [5.41, 5.74) is 1.09. The van der Waals surface area contributed by atoms with Crippen LogP contribution in [0.15, 0.2) is 29.2 Å². The zero-order valence-electron chi connectivity index (χ0n) is 11.2. The number of sulfonamides is 1. The van der Waals surface area contributed by atoms with Crippen LogP contribution >= 0.6 is 11.6 Å². The predicted octanol–water partition coefficient (Wildman–Crippen LogP) is 2.17. The van der Waals surface area contributed by atoms with Gasteiger partial charge in [0.05, 0.1) is 11.0 Å². The highest BCUT2D eigenvalue weighted by atomic mass is 35.5. The van der Waals surface area contributed by atoms with E-state index in [1.165, 1.54) is 0 Å². The summed E-state index contributed by atoms with van der Waals surface area (Å²) >= 11 is 5.62. The summed E-state index contributed by atoms with van der Waals surface area (Å²) in [7, 11) is -1.91. The maximum atomic E-state index is 12.0. The molecule has 0 aliphatic carbocycles. The standard InChI is InChI=1S/C13H20ClNO3S/c1-11(18-2)10-15-19(16,17)13-7-5-12(6-8-13)4-3-9-14/h5-8,11,15H,3-4,9-10H2,1-2H3. The van der Waals surface area contributed by atoms with E-state index in [1.807, 2.05) is 12.1 Å². The van der Waals surface area contributed by atoms with Gasteiger partial charge in [-0.25, -0.2) is 13.1 Å². The van der Waals surface area contributed by atoms with Crippen molar-refractivity contribution in [1.29, 1.82) is 0 Å². The molecule has 1 N–H and O–H groups in total. The quantitative estimate of drug-likeness (QED) is 0.749. The molecule has 19 heavy (non-hydrogen) atoms. The molecule has 0 saturated heterocycles. The highest BCUT2D eigenvalue weighted by Crippen LogP contribution is 2.12. The van der Waals surface area contributed by atoms with E-state index in [0.29, 0.717) is 5.88 Å². The van der Waals surface area contributed by atoms with Crippen molar-refractivity contribution in [2.24, 2.45) is 0 Å². The summed E-state index contributed by atoms with van der Waals surface area (Å²) in [6, 6.07) is 6.87. The molecule has 0 saturated carbocycles. The Kier molecular flexibility index (Phi) is 6.79. The number of ether oxygens (including phenoxy) is 1. The van der Waals surface area contributed by atoms with E-state index in [1.54, 1.807) is 26.2 Å². The van der Waals surface area contributed by atoms with E-state index in [0.717, 1.165) is 18.4 Å². The van der Waals surface area contributed by atoms with Crippen LogP contribution in [-0.4, -0.2) is 34.1 Å². The number of nitrogens with one attached hydrogen (secondary N) is 1. The molecule has 4 nitrogen and oxygen atoms in total. The zero-order chi connectivity index (χ0) is 14.3. The van der Waals surface area contributed by atoms with Crippen LogP contribution in [0.5, 0.6) is 0 Å². The zero-order valence-corrected chi connectivity index (χ0v) is 12.8. The van der Waals surface area contributed by atoms with Crippen molar-refractivity contribution in [2.75, 3.05) is 19.5 Å². The van der Waals surface area contributed by atoms with E-state index in [9.17, 15) is 8.42 Å². The van der Waals surface area contributed by atoms with Crippen molar-refractivity contribution in [3.63, 3.8) is 0 Å². The van der Waals surface area contributed by atoms with Crippen LogP contribution in [0.2, 0.25) is 0 Å². The van der Waals surface area contributed by atoms with Gasteiger partial charge in [0.25, 0.3) is 0 Å². The first-order chi connectivity index (χ1) is 8.99. The molecule has 0 fully saturated rings. The molecular formula is C13H20ClNO3S. The third-order valence-corrected chi connectivity index (χ3v) is 4.50. The SMILES string of the molecule is COC(C)CNS(=O)(=O)c1ccc(CCCCl)cc1. The molecular weight excluding hydrogens is 286 g/mol. The minimum absolute atomic E-state index is 0.155. The molecule has 108 valence electrons. The molecule has 1 atom stereocenters. The van der Waals surface area contributed by atoms with E-state index in [4.69, 9.17) is 16.3 Å². The lowest BCUT2D eigenvalue weighted by molar-refractivity contribution is 0.122. The topological polar surface area (TPSA) is 55.4 Å². The number of halogens is 1. The second kappa shape index (κ2) is 7.85. The lowest BCUT2D eigenvalue weighted by atomic mass is 10.1. The first-order valence-electron chi connectivity index (χ1n) is 6.17. The van der Waals surface area contributed by atoms with Crippen LogP contribution < -0.4 is 4.72 Å². The number of hydrogen-bond acceptors (Lipinski definition) is 3. The third kappa shape index (κ3) is 5.48. The lowest BCUT2D eigenvalue weighted by Gasteiger charge is -2.11. The minimum Gasteiger partial charge on any atom is -0.380 e. The Labute approximate surface area is 120 Å². The average molecular weight is 306 g/mol. The summed E-state index contributed by atoms with van der Waals surface area (Å²) in [4.78, 5) is 0.269. The highest BCUT2D eigenvalue weighted by molar-refractivity contribution is 7.89. The Hall–Kier alpha value is -0.620. The predicted molar refractivity (Wildman–Crippen MR) is 77.1 cm³/mol. The first kappa shape index (κ1) is 16.4. The number of aryl methyl sites for hydroxylation is 1. The van der Waals surface area contributed by atoms with Gasteiger partial charge in [-0.3, -0.25) is 0 Å². The van der Waals surface area contributed by atoms with Gasteiger partial charge in [0, 0.05) is 19.5 Å². The number of benzene rings is 1. The van der Waals surface area contributed by atoms with E-state index < -0.39 is 10.0 Å². The summed E-state index contributed by atoms with van der Waals surface area (Å²) in [6.07, 6.45) is 1.59. The van der Waals surface area contributed by atoms with Crippen molar-refractivity contribution in [3.05, 3.63) is 29.8 Å². The maximum absolute atomic E-state index is 12.0. The van der Waals surface area contributed by atoms with E-state index in [2.05, 4.69) is 4.72 Å². The fraction of sp³-hybridized carbons (Fsp3) is 0.538. The number of hydrogen-bond donors (Lipinski definition) is 1. The van der Waals surface area contributed by atoms with Crippen molar-refractivity contribution < 1.29 is 13.2 Å². The summed E-state index contributed by atoms with van der Waals surface area (Å²) in [5.74, 6) is 0.608. The molecule has 1 unspecified atom stereocenters. The molecule has 1 aromatic rings. The Balaban J connectivity index is 2.68. The number of alkyl halides is 1. The van der Waals surface area contributed by atoms with Crippen LogP contribution in [0.25, 0.3) is 0 Å². The molecule has 0 amide bonds. The van der Waals surface area contributed by atoms with Crippen molar-refractivity contribution >= 4 is 21.6 Å². The third-order valence-electron chi connectivity index (χ3n) is 2.80. The first-order valence-corrected chi connectivity index (χ1v) is 8.18. The lowest BCUT2D eigenvalue weighted by Crippen LogP contribution is -2.31. The molecule has 0 spiro atoms. The van der Waals surface area contributed by atoms with Gasteiger partial charge in [0.2, 0.25) is 10.0 Å². The monoisotopic (exact) mass is 305 g/mol. The smallest absolute Gasteiger partial charge is 0.240 e. The van der Waals surface area contributed by atoms with Gasteiger partial charge in [0.1, 0.15) is 0 Å². The van der Waals surface area contributed by atoms with Gasteiger partial charge in [-0.15, -0.1) is 11.6 Å². The van der Waals surface area contributed by atoms with Gasteiger partial charge >= 0.3 is 0 Å². The van der Waals surface area contributed by atoms with E-state index in [-0.39, 0.29) is 17.5 Å². The normalized spacial score (nSPS) is 13.4. The second-order valence-corrected chi connectivity index (χ2v) is 6.48. The van der Waals surface area contributed by atoms with Crippen molar-refractivity contribution in [1.82, 2.24) is 4.72 Å². The van der Waals surface area contributed by atoms with Crippen LogP contribution in [0.4, 0.5) is 0 Å². The largest absolute Gasteiger partial charge is 0.380 e. The Bertz CT molecular complexity index is 473. The molecule has 0 aliphatic heterocycles. The molecule has 0 aliphatic rings. The maximum Gasteiger partial charge on any atom is 0.240 e. The summed E-state index contributed by atoms with van der Waals surface area (Å²) < 4.78 is 31.5. The minimum atomic E-state index is -3.46. The fourth-order valence-electron chi connectivity index (χ4n) is 1.50. The Morgan fingerprint density at radius 1 is 1.32 bits per heavy atom. The van der Waals surface area contributed by atoms with Crippen LogP contribution in [0.3, 0.4) is 0 Å². The van der Waals surface area contributed by atoms with Gasteiger partial charge in [0.15, 0.2) is 0 Å². The Morgan fingerprint density at radius 3 is 2.47 bits per heavy atom. The molecule has 0 aromatic heterocycles.